The summed E-state index contributed by atoms with van der Waals surface area (Å²) in [5, 5.41) is 10.9. The summed E-state index contributed by atoms with van der Waals surface area (Å²) in [4.78, 5) is 16.3. The van der Waals surface area contributed by atoms with E-state index in [1.807, 2.05) is 0 Å². The first-order valence-corrected chi connectivity index (χ1v) is 7.27. The van der Waals surface area contributed by atoms with E-state index in [0.717, 1.165) is 30.5 Å². The highest BCUT2D eigenvalue weighted by molar-refractivity contribution is 6.41. The molecular formula is C15H13Cl2NO2. The Morgan fingerprint density at radius 2 is 2.05 bits per heavy atom. The SMILES string of the molecule is CC1CCc2nc3c(Cl)ccc(Cl)c3c(C(=O)O)c2C1. The van der Waals surface area contributed by atoms with E-state index in [2.05, 4.69) is 11.9 Å². The van der Waals surface area contributed by atoms with E-state index in [4.69, 9.17) is 23.2 Å². The number of hydrogen-bond donors (Lipinski definition) is 1. The highest BCUT2D eigenvalue weighted by Crippen LogP contribution is 2.37. The van der Waals surface area contributed by atoms with Crippen molar-refractivity contribution in [1.82, 2.24) is 4.98 Å². The van der Waals surface area contributed by atoms with Crippen molar-refractivity contribution >= 4 is 40.1 Å². The molecule has 104 valence electrons. The third kappa shape index (κ3) is 2.05. The summed E-state index contributed by atoms with van der Waals surface area (Å²) in [6.45, 7) is 2.12. The van der Waals surface area contributed by atoms with Crippen molar-refractivity contribution in [2.24, 2.45) is 5.92 Å². The number of carboxylic acids is 1. The van der Waals surface area contributed by atoms with E-state index < -0.39 is 5.97 Å². The second-order valence-electron chi connectivity index (χ2n) is 5.32. The van der Waals surface area contributed by atoms with Crippen molar-refractivity contribution in [2.75, 3.05) is 0 Å². The highest BCUT2D eigenvalue weighted by Gasteiger charge is 2.26. The molecule has 0 spiro atoms. The molecule has 1 aliphatic carbocycles. The van der Waals surface area contributed by atoms with Crippen LogP contribution in [0.5, 0.6) is 0 Å². The van der Waals surface area contributed by atoms with Gasteiger partial charge >= 0.3 is 5.97 Å². The molecule has 0 fully saturated rings. The molecule has 1 heterocycles. The van der Waals surface area contributed by atoms with Gasteiger partial charge in [0.15, 0.2) is 0 Å². The van der Waals surface area contributed by atoms with Crippen molar-refractivity contribution in [3.05, 3.63) is 39.0 Å². The fraction of sp³-hybridized carbons (Fsp3) is 0.333. The van der Waals surface area contributed by atoms with Crippen LogP contribution in [0.2, 0.25) is 10.0 Å². The number of aryl methyl sites for hydroxylation is 1. The standard InChI is InChI=1S/C15H13Cl2NO2/c1-7-2-5-11-8(6-7)12(15(19)20)13-9(16)3-4-10(17)14(13)18-11/h3-4,7H,2,5-6H2,1H3,(H,19,20). The summed E-state index contributed by atoms with van der Waals surface area (Å²) in [7, 11) is 0. The topological polar surface area (TPSA) is 50.2 Å². The van der Waals surface area contributed by atoms with Crippen molar-refractivity contribution in [3.8, 4) is 0 Å². The minimum Gasteiger partial charge on any atom is -0.478 e. The molecule has 0 saturated carbocycles. The molecule has 2 aromatic rings. The second-order valence-corrected chi connectivity index (χ2v) is 6.13. The molecule has 0 radical (unpaired) electrons. The Bertz CT molecular complexity index is 728. The minimum absolute atomic E-state index is 0.268. The lowest BCUT2D eigenvalue weighted by atomic mass is 9.84. The van der Waals surface area contributed by atoms with Gasteiger partial charge in [-0.1, -0.05) is 30.1 Å². The van der Waals surface area contributed by atoms with Gasteiger partial charge in [-0.3, -0.25) is 4.98 Å². The van der Waals surface area contributed by atoms with Crippen molar-refractivity contribution in [3.63, 3.8) is 0 Å². The third-order valence-corrected chi connectivity index (χ3v) is 4.49. The van der Waals surface area contributed by atoms with Gasteiger partial charge in [-0.2, -0.15) is 0 Å². The first kappa shape index (κ1) is 13.7. The van der Waals surface area contributed by atoms with E-state index in [0.29, 0.717) is 26.9 Å². The monoisotopic (exact) mass is 309 g/mol. The smallest absolute Gasteiger partial charge is 0.336 e. The van der Waals surface area contributed by atoms with Gasteiger partial charge in [0, 0.05) is 11.1 Å². The Balaban J connectivity index is 2.46. The lowest BCUT2D eigenvalue weighted by Crippen LogP contribution is -2.18. The number of fused-ring (bicyclic) bond motifs is 2. The average Bonchev–Trinajstić information content (AvgIpc) is 2.40. The molecular weight excluding hydrogens is 297 g/mol. The Labute approximate surface area is 126 Å². The highest BCUT2D eigenvalue weighted by atomic mass is 35.5. The van der Waals surface area contributed by atoms with Crippen molar-refractivity contribution in [1.29, 1.82) is 0 Å². The maximum absolute atomic E-state index is 11.7. The number of nitrogens with zero attached hydrogens (tertiary/aromatic N) is 1. The van der Waals surface area contributed by atoms with Gasteiger partial charge < -0.3 is 5.11 Å². The van der Waals surface area contributed by atoms with Crippen LogP contribution in [-0.2, 0) is 12.8 Å². The molecule has 1 atom stereocenters. The van der Waals surface area contributed by atoms with Crippen LogP contribution in [0, 0.1) is 5.92 Å². The van der Waals surface area contributed by atoms with Gasteiger partial charge in [0.2, 0.25) is 0 Å². The van der Waals surface area contributed by atoms with Crippen LogP contribution in [0.15, 0.2) is 12.1 Å². The number of carbonyl (C=O) groups is 1. The normalized spacial score (nSPS) is 18.1. The third-order valence-electron chi connectivity index (χ3n) is 3.87. The van der Waals surface area contributed by atoms with Crippen LogP contribution in [0.1, 0.15) is 35.0 Å². The lowest BCUT2D eigenvalue weighted by molar-refractivity contribution is 0.0697. The maximum Gasteiger partial charge on any atom is 0.336 e. The van der Waals surface area contributed by atoms with Crippen LogP contribution in [-0.4, -0.2) is 16.1 Å². The molecule has 1 unspecified atom stereocenters. The van der Waals surface area contributed by atoms with Gasteiger partial charge in [0.1, 0.15) is 0 Å². The first-order valence-electron chi connectivity index (χ1n) is 6.51. The number of aromatic carboxylic acids is 1. The van der Waals surface area contributed by atoms with Crippen molar-refractivity contribution in [2.45, 2.75) is 26.2 Å². The van der Waals surface area contributed by atoms with E-state index >= 15 is 0 Å². The van der Waals surface area contributed by atoms with Gasteiger partial charge in [-0.15, -0.1) is 0 Å². The molecule has 3 nitrogen and oxygen atoms in total. The lowest BCUT2D eigenvalue weighted by Gasteiger charge is -2.23. The summed E-state index contributed by atoms with van der Waals surface area (Å²) in [5.74, 6) is -0.510. The van der Waals surface area contributed by atoms with Gasteiger partial charge in [0.25, 0.3) is 0 Å². The number of hydrogen-bond acceptors (Lipinski definition) is 2. The second kappa shape index (κ2) is 4.90. The number of benzene rings is 1. The number of rotatable bonds is 1. The average molecular weight is 310 g/mol. The minimum atomic E-state index is -0.966. The summed E-state index contributed by atoms with van der Waals surface area (Å²) in [6.07, 6.45) is 2.53. The number of halogens is 2. The van der Waals surface area contributed by atoms with E-state index in [-0.39, 0.29) is 5.56 Å². The first-order chi connectivity index (χ1) is 9.49. The quantitative estimate of drug-likeness (QED) is 0.851. The van der Waals surface area contributed by atoms with Crippen LogP contribution in [0.3, 0.4) is 0 Å². The summed E-state index contributed by atoms with van der Waals surface area (Å²) in [5.41, 5.74) is 2.42. The Hall–Kier alpha value is -1.32. The molecule has 0 saturated heterocycles. The maximum atomic E-state index is 11.7. The molecule has 3 rings (SSSR count). The Kier molecular flexibility index (Phi) is 3.35. The van der Waals surface area contributed by atoms with Crippen molar-refractivity contribution < 1.29 is 9.90 Å². The van der Waals surface area contributed by atoms with E-state index in [9.17, 15) is 9.90 Å². The molecule has 0 aliphatic heterocycles. The zero-order chi connectivity index (χ0) is 14.4. The van der Waals surface area contributed by atoms with Gasteiger partial charge in [-0.05, 0) is 42.9 Å². The number of pyridine rings is 1. The number of aromatic nitrogens is 1. The van der Waals surface area contributed by atoms with Crippen LogP contribution < -0.4 is 0 Å². The Morgan fingerprint density at radius 1 is 1.35 bits per heavy atom. The summed E-state index contributed by atoms with van der Waals surface area (Å²) in [6, 6.07) is 3.28. The van der Waals surface area contributed by atoms with Gasteiger partial charge in [-0.25, -0.2) is 4.79 Å². The van der Waals surface area contributed by atoms with Gasteiger partial charge in [0.05, 0.1) is 21.1 Å². The predicted octanol–water partition coefficient (Wildman–Crippen LogP) is 4.36. The molecule has 1 aromatic carbocycles. The zero-order valence-electron chi connectivity index (χ0n) is 10.9. The Morgan fingerprint density at radius 3 is 2.75 bits per heavy atom. The molecule has 1 N–H and O–H groups in total. The predicted molar refractivity (Wildman–Crippen MR) is 79.9 cm³/mol. The number of carboxylic acid groups (broad SMARTS) is 1. The van der Waals surface area contributed by atoms with E-state index in [1.165, 1.54) is 0 Å². The van der Waals surface area contributed by atoms with E-state index in [1.54, 1.807) is 12.1 Å². The summed E-state index contributed by atoms with van der Waals surface area (Å²) < 4.78 is 0. The molecule has 0 bridgehead atoms. The van der Waals surface area contributed by atoms with Crippen LogP contribution in [0.25, 0.3) is 10.9 Å². The molecule has 0 amide bonds. The fourth-order valence-corrected chi connectivity index (χ4v) is 3.33. The van der Waals surface area contributed by atoms with Crippen LogP contribution in [0.4, 0.5) is 0 Å². The molecule has 1 aliphatic rings. The zero-order valence-corrected chi connectivity index (χ0v) is 12.4. The molecule has 5 heteroatoms. The summed E-state index contributed by atoms with van der Waals surface area (Å²) >= 11 is 12.4. The van der Waals surface area contributed by atoms with Crippen LogP contribution >= 0.6 is 23.2 Å². The molecule has 1 aromatic heterocycles. The molecule has 20 heavy (non-hydrogen) atoms. The largest absolute Gasteiger partial charge is 0.478 e. The fourth-order valence-electron chi connectivity index (χ4n) is 2.88.